The highest BCUT2D eigenvalue weighted by Crippen LogP contribution is 2.33. The van der Waals surface area contributed by atoms with Gasteiger partial charge in [0.05, 0.1) is 21.7 Å². The SMILES string of the molecule is C=C(C)/C=C(/C)c1c(NCC2CCC(NC(=O)c3cc(C(F)(F)F)ccc3Cl)CC2)n[nH]c1N. The van der Waals surface area contributed by atoms with Crippen molar-refractivity contribution >= 4 is 34.7 Å². The summed E-state index contributed by atoms with van der Waals surface area (Å²) in [5, 5.41) is 13.3. The fourth-order valence-corrected chi connectivity index (χ4v) is 4.42. The molecule has 1 aromatic carbocycles. The number of nitrogens with two attached hydrogens (primary N) is 1. The van der Waals surface area contributed by atoms with Crippen LogP contribution in [0.25, 0.3) is 5.57 Å². The second-order valence-electron chi connectivity index (χ2n) is 8.80. The molecule has 1 amide bonds. The number of aromatic amines is 1. The Hall–Kier alpha value is -2.94. The van der Waals surface area contributed by atoms with Crippen LogP contribution in [0, 0.1) is 5.92 Å². The Morgan fingerprint density at radius 3 is 2.59 bits per heavy atom. The van der Waals surface area contributed by atoms with Gasteiger partial charge in [0.1, 0.15) is 5.82 Å². The van der Waals surface area contributed by atoms with E-state index in [0.29, 0.717) is 24.1 Å². The van der Waals surface area contributed by atoms with Crippen molar-refractivity contribution in [1.82, 2.24) is 15.5 Å². The largest absolute Gasteiger partial charge is 0.416 e. The molecule has 5 N–H and O–H groups in total. The maximum atomic E-state index is 13.0. The first kappa shape index (κ1) is 25.7. The average molecular weight is 496 g/mol. The first-order chi connectivity index (χ1) is 16.0. The van der Waals surface area contributed by atoms with E-state index in [2.05, 4.69) is 27.4 Å². The van der Waals surface area contributed by atoms with Crippen LogP contribution in [-0.2, 0) is 6.18 Å². The van der Waals surface area contributed by atoms with Gasteiger partial charge in [-0.3, -0.25) is 9.89 Å². The van der Waals surface area contributed by atoms with Gasteiger partial charge in [0.2, 0.25) is 0 Å². The predicted octanol–water partition coefficient (Wildman–Crippen LogP) is 6.04. The maximum Gasteiger partial charge on any atom is 0.416 e. The number of carbonyl (C=O) groups excluding carboxylic acids is 1. The number of hydrogen-bond acceptors (Lipinski definition) is 4. The number of rotatable bonds is 7. The molecule has 1 aliphatic rings. The standard InChI is InChI=1S/C24H29ClF3N5O/c1-13(2)10-14(3)20-21(29)32-33-22(20)30-12-15-4-7-17(8-5-15)31-23(34)18-11-16(24(26,27)28)6-9-19(18)25/h6,9-11,15,17H,1,4-5,7-8,12H2,2-3H3,(H,31,34)(H4,29,30,32,33)/b14-10-. The van der Waals surface area contributed by atoms with Crippen LogP contribution >= 0.6 is 11.6 Å². The molecule has 0 atom stereocenters. The Morgan fingerprint density at radius 1 is 1.29 bits per heavy atom. The second-order valence-corrected chi connectivity index (χ2v) is 9.21. The molecule has 0 unspecified atom stereocenters. The minimum absolute atomic E-state index is 0.00606. The van der Waals surface area contributed by atoms with Crippen molar-refractivity contribution in [3.63, 3.8) is 0 Å². The van der Waals surface area contributed by atoms with Crippen LogP contribution in [0.2, 0.25) is 5.02 Å². The Bertz CT molecular complexity index is 1080. The van der Waals surface area contributed by atoms with Gasteiger partial charge in [-0.05, 0) is 69.2 Å². The molecule has 10 heteroatoms. The van der Waals surface area contributed by atoms with Gasteiger partial charge in [0.15, 0.2) is 5.82 Å². The molecule has 34 heavy (non-hydrogen) atoms. The molecule has 184 valence electrons. The first-order valence-electron chi connectivity index (χ1n) is 11.0. The zero-order chi connectivity index (χ0) is 25.0. The van der Waals surface area contributed by atoms with E-state index in [1.165, 1.54) is 0 Å². The Labute approximate surface area is 201 Å². The van der Waals surface area contributed by atoms with E-state index in [1.54, 1.807) is 0 Å². The van der Waals surface area contributed by atoms with Crippen molar-refractivity contribution in [1.29, 1.82) is 0 Å². The van der Waals surface area contributed by atoms with Crippen LogP contribution < -0.4 is 16.4 Å². The van der Waals surface area contributed by atoms with E-state index in [-0.39, 0.29) is 16.6 Å². The molecule has 1 heterocycles. The lowest BCUT2D eigenvalue weighted by Gasteiger charge is -2.29. The van der Waals surface area contributed by atoms with Gasteiger partial charge in [0, 0.05) is 12.6 Å². The number of anilines is 2. The summed E-state index contributed by atoms with van der Waals surface area (Å²) in [5.41, 5.74) is 7.67. The molecule has 6 nitrogen and oxygen atoms in total. The summed E-state index contributed by atoms with van der Waals surface area (Å²) in [4.78, 5) is 12.6. The number of aromatic nitrogens is 2. The number of carbonyl (C=O) groups is 1. The van der Waals surface area contributed by atoms with Crippen LogP contribution in [-0.4, -0.2) is 28.7 Å². The molecule has 1 aromatic heterocycles. The maximum absolute atomic E-state index is 13.0. The minimum atomic E-state index is -4.54. The van der Waals surface area contributed by atoms with Gasteiger partial charge in [-0.1, -0.05) is 29.8 Å². The highest BCUT2D eigenvalue weighted by Gasteiger charge is 2.32. The zero-order valence-electron chi connectivity index (χ0n) is 19.2. The van der Waals surface area contributed by atoms with Crippen molar-refractivity contribution < 1.29 is 18.0 Å². The normalized spacial score (nSPS) is 19.1. The number of nitrogen functional groups attached to an aromatic ring is 1. The third-order valence-electron chi connectivity index (χ3n) is 5.93. The lowest BCUT2D eigenvalue weighted by Crippen LogP contribution is -2.38. The topological polar surface area (TPSA) is 95.8 Å². The van der Waals surface area contributed by atoms with Crippen LogP contribution in [0.15, 0.2) is 36.4 Å². The van der Waals surface area contributed by atoms with Crippen molar-refractivity contribution in [3.8, 4) is 0 Å². The van der Waals surface area contributed by atoms with Crippen molar-refractivity contribution in [2.45, 2.75) is 51.7 Å². The van der Waals surface area contributed by atoms with Gasteiger partial charge in [0.25, 0.3) is 5.91 Å². The van der Waals surface area contributed by atoms with Crippen molar-refractivity contribution in [2.75, 3.05) is 17.6 Å². The van der Waals surface area contributed by atoms with E-state index in [0.717, 1.165) is 60.6 Å². The molecular weight excluding hydrogens is 467 g/mol. The zero-order valence-corrected chi connectivity index (χ0v) is 19.9. The van der Waals surface area contributed by atoms with E-state index in [4.69, 9.17) is 17.3 Å². The number of amides is 1. The van der Waals surface area contributed by atoms with E-state index in [9.17, 15) is 18.0 Å². The third kappa shape index (κ3) is 6.34. The molecule has 1 saturated carbocycles. The quantitative estimate of drug-likeness (QED) is 0.352. The summed E-state index contributed by atoms with van der Waals surface area (Å²) in [7, 11) is 0. The smallest absolute Gasteiger partial charge is 0.384 e. The van der Waals surface area contributed by atoms with Gasteiger partial charge in [-0.25, -0.2) is 0 Å². The number of nitrogens with one attached hydrogen (secondary N) is 3. The fraction of sp³-hybridized carbons (Fsp3) is 0.417. The van der Waals surface area contributed by atoms with Gasteiger partial charge in [-0.15, -0.1) is 0 Å². The molecular formula is C24H29ClF3N5O. The summed E-state index contributed by atoms with van der Waals surface area (Å²) < 4.78 is 39.0. The van der Waals surface area contributed by atoms with Crippen LogP contribution in [0.4, 0.5) is 24.8 Å². The number of nitrogens with zero attached hydrogens (tertiary/aromatic N) is 1. The molecule has 0 bridgehead atoms. The van der Waals surface area contributed by atoms with E-state index in [1.807, 2.05) is 19.9 Å². The molecule has 0 saturated heterocycles. The van der Waals surface area contributed by atoms with E-state index < -0.39 is 17.6 Å². The molecule has 0 radical (unpaired) electrons. The van der Waals surface area contributed by atoms with Gasteiger partial charge >= 0.3 is 6.18 Å². The number of halogens is 4. The number of hydrogen-bond donors (Lipinski definition) is 4. The molecule has 0 aliphatic heterocycles. The third-order valence-corrected chi connectivity index (χ3v) is 6.26. The van der Waals surface area contributed by atoms with E-state index >= 15 is 0 Å². The Balaban J connectivity index is 1.54. The summed E-state index contributed by atoms with van der Waals surface area (Å²) in [6.45, 7) is 8.44. The average Bonchev–Trinajstić information content (AvgIpc) is 3.12. The monoisotopic (exact) mass is 495 g/mol. The van der Waals surface area contributed by atoms with Gasteiger partial charge < -0.3 is 16.4 Å². The number of H-pyrrole nitrogens is 1. The van der Waals surface area contributed by atoms with Crippen molar-refractivity contribution in [3.05, 3.63) is 58.1 Å². The minimum Gasteiger partial charge on any atom is -0.384 e. The molecule has 2 aromatic rings. The molecule has 1 aliphatic carbocycles. The Morgan fingerprint density at radius 2 is 1.97 bits per heavy atom. The molecule has 3 rings (SSSR count). The second kappa shape index (κ2) is 10.5. The predicted molar refractivity (Wildman–Crippen MR) is 130 cm³/mol. The highest BCUT2D eigenvalue weighted by atomic mass is 35.5. The first-order valence-corrected chi connectivity index (χ1v) is 11.4. The number of alkyl halides is 3. The molecule has 0 spiro atoms. The number of benzene rings is 1. The summed E-state index contributed by atoms with van der Waals surface area (Å²) >= 11 is 5.98. The van der Waals surface area contributed by atoms with Gasteiger partial charge in [-0.2, -0.15) is 18.3 Å². The lowest BCUT2D eigenvalue weighted by molar-refractivity contribution is -0.137. The lowest BCUT2D eigenvalue weighted by atomic mass is 9.86. The van der Waals surface area contributed by atoms with Crippen LogP contribution in [0.3, 0.4) is 0 Å². The van der Waals surface area contributed by atoms with Crippen LogP contribution in [0.5, 0.6) is 0 Å². The summed E-state index contributed by atoms with van der Waals surface area (Å²) in [5.74, 6) is 0.940. The van der Waals surface area contributed by atoms with Crippen molar-refractivity contribution in [2.24, 2.45) is 5.92 Å². The van der Waals surface area contributed by atoms with Crippen LogP contribution in [0.1, 0.15) is 61.0 Å². The number of allylic oxidation sites excluding steroid dienone is 3. The fourth-order valence-electron chi connectivity index (χ4n) is 4.22. The Kier molecular flexibility index (Phi) is 7.97. The summed E-state index contributed by atoms with van der Waals surface area (Å²) in [6.07, 6.45) is 0.547. The summed E-state index contributed by atoms with van der Waals surface area (Å²) in [6, 6.07) is 2.65. The highest BCUT2D eigenvalue weighted by molar-refractivity contribution is 6.33. The molecule has 1 fully saturated rings.